The first-order chi connectivity index (χ1) is 9.54. The zero-order chi connectivity index (χ0) is 14.6. The third-order valence-electron chi connectivity index (χ3n) is 2.72. The van der Waals surface area contributed by atoms with Gasteiger partial charge in [-0.15, -0.1) is 11.3 Å². The summed E-state index contributed by atoms with van der Waals surface area (Å²) in [5, 5.41) is 11.8. The van der Waals surface area contributed by atoms with Crippen LogP contribution >= 0.6 is 11.3 Å². The largest absolute Gasteiger partial charge is 0.250 e. The lowest BCUT2D eigenvalue weighted by Crippen LogP contribution is -2.27. The Hall–Kier alpha value is -1.75. The molecule has 0 saturated heterocycles. The monoisotopic (exact) mass is 307 g/mol. The lowest BCUT2D eigenvalue weighted by atomic mass is 10.1. The van der Waals surface area contributed by atoms with Crippen molar-refractivity contribution in [3.63, 3.8) is 0 Å². The van der Waals surface area contributed by atoms with Crippen molar-refractivity contribution in [1.82, 2.24) is 9.71 Å². The Kier molecular flexibility index (Phi) is 4.49. The number of rotatable bonds is 5. The van der Waals surface area contributed by atoms with Crippen LogP contribution in [0, 0.1) is 18.3 Å². The highest BCUT2D eigenvalue weighted by molar-refractivity contribution is 7.89. The van der Waals surface area contributed by atoms with Gasteiger partial charge < -0.3 is 0 Å². The molecule has 7 heteroatoms. The van der Waals surface area contributed by atoms with Crippen molar-refractivity contribution in [3.8, 4) is 6.07 Å². The van der Waals surface area contributed by atoms with Crippen LogP contribution in [0.4, 0.5) is 0 Å². The number of nitrogens with one attached hydrogen (secondary N) is 1. The van der Waals surface area contributed by atoms with E-state index in [-0.39, 0.29) is 17.0 Å². The van der Waals surface area contributed by atoms with Crippen molar-refractivity contribution in [3.05, 3.63) is 45.9 Å². The maximum Gasteiger partial charge on any atom is 0.242 e. The van der Waals surface area contributed by atoms with E-state index in [2.05, 4.69) is 9.71 Å². The number of nitrogens with zero attached hydrogens (tertiary/aromatic N) is 2. The number of sulfonamides is 1. The average Bonchev–Trinajstić information content (AvgIpc) is 2.91. The van der Waals surface area contributed by atoms with E-state index in [1.807, 2.05) is 11.4 Å². The predicted molar refractivity (Wildman–Crippen MR) is 76.9 cm³/mol. The van der Waals surface area contributed by atoms with Crippen molar-refractivity contribution >= 4 is 21.4 Å². The molecule has 1 aromatic heterocycles. The Labute approximate surface area is 122 Å². The van der Waals surface area contributed by atoms with Crippen LogP contribution in [0.3, 0.4) is 0 Å². The SMILES string of the molecule is Cc1cccc(C#N)c1S(=O)(=O)NCCc1nccs1. The number of aryl methyl sites for hydroxylation is 1. The lowest BCUT2D eigenvalue weighted by Gasteiger charge is -2.10. The summed E-state index contributed by atoms with van der Waals surface area (Å²) in [7, 11) is -3.68. The van der Waals surface area contributed by atoms with Crippen LogP contribution in [-0.2, 0) is 16.4 Å². The van der Waals surface area contributed by atoms with Crippen LogP contribution < -0.4 is 4.72 Å². The molecule has 104 valence electrons. The van der Waals surface area contributed by atoms with Gasteiger partial charge in [0.25, 0.3) is 0 Å². The standard InChI is InChI=1S/C13H13N3O2S2/c1-10-3-2-4-11(9-14)13(10)20(17,18)16-6-5-12-15-7-8-19-12/h2-4,7-8,16H,5-6H2,1H3. The molecule has 1 aromatic carbocycles. The number of thiazole rings is 1. The topological polar surface area (TPSA) is 82.8 Å². The maximum atomic E-state index is 12.3. The van der Waals surface area contributed by atoms with Gasteiger partial charge in [0.1, 0.15) is 11.0 Å². The molecule has 1 heterocycles. The first kappa shape index (κ1) is 14.7. The van der Waals surface area contributed by atoms with Crippen LogP contribution in [0.2, 0.25) is 0 Å². The number of hydrogen-bond acceptors (Lipinski definition) is 5. The van der Waals surface area contributed by atoms with Crippen molar-refractivity contribution < 1.29 is 8.42 Å². The van der Waals surface area contributed by atoms with Crippen LogP contribution in [0.1, 0.15) is 16.1 Å². The van der Waals surface area contributed by atoms with Gasteiger partial charge in [-0.2, -0.15) is 5.26 Å². The molecule has 0 radical (unpaired) electrons. The van der Waals surface area contributed by atoms with E-state index in [0.717, 1.165) is 5.01 Å². The van der Waals surface area contributed by atoms with Crippen LogP contribution in [0.5, 0.6) is 0 Å². The van der Waals surface area contributed by atoms with Crippen molar-refractivity contribution in [2.24, 2.45) is 0 Å². The Morgan fingerprint density at radius 1 is 1.45 bits per heavy atom. The van der Waals surface area contributed by atoms with Crippen molar-refractivity contribution in [1.29, 1.82) is 5.26 Å². The first-order valence-electron chi connectivity index (χ1n) is 5.92. The summed E-state index contributed by atoms with van der Waals surface area (Å²) in [6.45, 7) is 1.94. The Morgan fingerprint density at radius 3 is 2.90 bits per heavy atom. The van der Waals surface area contributed by atoms with Gasteiger partial charge in [-0.3, -0.25) is 0 Å². The number of aromatic nitrogens is 1. The van der Waals surface area contributed by atoms with Crippen LogP contribution in [0.25, 0.3) is 0 Å². The molecule has 2 aromatic rings. The smallest absolute Gasteiger partial charge is 0.242 e. The molecule has 5 nitrogen and oxygen atoms in total. The van der Waals surface area contributed by atoms with Crippen LogP contribution in [0.15, 0.2) is 34.7 Å². The van der Waals surface area contributed by atoms with Gasteiger partial charge in [-0.1, -0.05) is 12.1 Å². The molecule has 0 saturated carbocycles. The number of hydrogen-bond donors (Lipinski definition) is 1. The van der Waals surface area contributed by atoms with E-state index in [0.29, 0.717) is 12.0 Å². The van der Waals surface area contributed by atoms with Gasteiger partial charge in [0.2, 0.25) is 10.0 Å². The van der Waals surface area contributed by atoms with E-state index >= 15 is 0 Å². The third kappa shape index (κ3) is 3.22. The Bertz CT molecular complexity index is 731. The summed E-state index contributed by atoms with van der Waals surface area (Å²) < 4.78 is 27.1. The minimum atomic E-state index is -3.68. The maximum absolute atomic E-state index is 12.3. The second kappa shape index (κ2) is 6.13. The molecule has 0 fully saturated rings. The molecule has 20 heavy (non-hydrogen) atoms. The predicted octanol–water partition coefficient (Wildman–Crippen LogP) is 1.84. The van der Waals surface area contributed by atoms with Gasteiger partial charge in [0.05, 0.1) is 10.6 Å². The Morgan fingerprint density at radius 2 is 2.25 bits per heavy atom. The minimum absolute atomic E-state index is 0.0571. The summed E-state index contributed by atoms with van der Waals surface area (Å²) in [5.41, 5.74) is 0.720. The molecule has 0 aliphatic carbocycles. The zero-order valence-electron chi connectivity index (χ0n) is 10.8. The molecular weight excluding hydrogens is 294 g/mol. The first-order valence-corrected chi connectivity index (χ1v) is 8.28. The molecule has 0 aliphatic rings. The van der Waals surface area contributed by atoms with E-state index < -0.39 is 10.0 Å². The van der Waals surface area contributed by atoms with Gasteiger partial charge in [0.15, 0.2) is 0 Å². The molecule has 0 aliphatic heterocycles. The summed E-state index contributed by atoms with van der Waals surface area (Å²) in [6.07, 6.45) is 2.22. The number of nitriles is 1. The molecule has 0 amide bonds. The lowest BCUT2D eigenvalue weighted by molar-refractivity contribution is 0.580. The van der Waals surface area contributed by atoms with E-state index in [4.69, 9.17) is 5.26 Å². The molecule has 2 rings (SSSR count). The van der Waals surface area contributed by atoms with E-state index in [9.17, 15) is 8.42 Å². The van der Waals surface area contributed by atoms with E-state index in [1.165, 1.54) is 17.4 Å². The summed E-state index contributed by atoms with van der Waals surface area (Å²) >= 11 is 1.48. The van der Waals surface area contributed by atoms with Gasteiger partial charge >= 0.3 is 0 Å². The highest BCUT2D eigenvalue weighted by atomic mass is 32.2. The van der Waals surface area contributed by atoms with Gasteiger partial charge in [-0.05, 0) is 18.6 Å². The molecule has 0 atom stereocenters. The quantitative estimate of drug-likeness (QED) is 0.913. The summed E-state index contributed by atoms with van der Waals surface area (Å²) in [5.74, 6) is 0. The normalized spacial score (nSPS) is 11.2. The van der Waals surface area contributed by atoms with Gasteiger partial charge in [-0.25, -0.2) is 18.1 Å². The van der Waals surface area contributed by atoms with Crippen molar-refractivity contribution in [2.75, 3.05) is 6.54 Å². The molecule has 0 unspecified atom stereocenters. The van der Waals surface area contributed by atoms with Crippen LogP contribution in [-0.4, -0.2) is 19.9 Å². The van der Waals surface area contributed by atoms with Gasteiger partial charge in [0, 0.05) is 24.5 Å². The molecule has 0 bridgehead atoms. The molecule has 0 spiro atoms. The van der Waals surface area contributed by atoms with E-state index in [1.54, 1.807) is 25.3 Å². The number of benzene rings is 1. The highest BCUT2D eigenvalue weighted by Gasteiger charge is 2.20. The third-order valence-corrected chi connectivity index (χ3v) is 5.22. The second-order valence-electron chi connectivity index (χ2n) is 4.14. The fourth-order valence-corrected chi connectivity index (χ4v) is 3.87. The van der Waals surface area contributed by atoms with Crippen molar-refractivity contribution in [2.45, 2.75) is 18.2 Å². The minimum Gasteiger partial charge on any atom is -0.250 e. The molecule has 1 N–H and O–H groups in total. The second-order valence-corrected chi connectivity index (χ2v) is 6.82. The fourth-order valence-electron chi connectivity index (χ4n) is 1.84. The summed E-state index contributed by atoms with van der Waals surface area (Å²) in [6, 6.07) is 6.77. The molecular formula is C13H13N3O2S2. The fraction of sp³-hybridized carbons (Fsp3) is 0.231. The average molecular weight is 307 g/mol. The zero-order valence-corrected chi connectivity index (χ0v) is 12.5. The highest BCUT2D eigenvalue weighted by Crippen LogP contribution is 2.19. The summed E-state index contributed by atoms with van der Waals surface area (Å²) in [4.78, 5) is 4.15. The Balaban J connectivity index is 2.17.